The maximum Gasteiger partial charge on any atom is 0.409 e. The molecule has 11 heteroatoms. The Morgan fingerprint density at radius 1 is 1.06 bits per heavy atom. The number of piperazine rings is 1. The Labute approximate surface area is 188 Å². The molecule has 3 rings (SSSR count). The van der Waals surface area contributed by atoms with E-state index >= 15 is 0 Å². The largest absolute Gasteiger partial charge is 0.450 e. The zero-order valence-corrected chi connectivity index (χ0v) is 18.0. The van der Waals surface area contributed by atoms with Gasteiger partial charge >= 0.3 is 6.09 Å². The average Bonchev–Trinajstić information content (AvgIpc) is 2.79. The molecule has 1 fully saturated rings. The van der Waals surface area contributed by atoms with Crippen LogP contribution in [0.2, 0.25) is 5.02 Å². The number of nitro benzene ring substituents is 1. The van der Waals surface area contributed by atoms with Gasteiger partial charge in [0.05, 0.1) is 33.4 Å². The van der Waals surface area contributed by atoms with Crippen molar-refractivity contribution in [3.8, 4) is 0 Å². The Balaban J connectivity index is 1.72. The van der Waals surface area contributed by atoms with Crippen LogP contribution in [0.4, 0.5) is 16.2 Å². The lowest BCUT2D eigenvalue weighted by atomic mass is 10.1. The van der Waals surface area contributed by atoms with Crippen LogP contribution in [0.3, 0.4) is 0 Å². The van der Waals surface area contributed by atoms with E-state index in [1.165, 1.54) is 17.0 Å². The summed E-state index contributed by atoms with van der Waals surface area (Å²) in [7, 11) is 0. The van der Waals surface area contributed by atoms with Crippen molar-refractivity contribution in [3.63, 3.8) is 0 Å². The van der Waals surface area contributed by atoms with E-state index in [-0.39, 0.29) is 40.0 Å². The standard InChI is InChI=1S/C21H21ClN4O6/c1-2-32-21(29)25-11-9-24(10-12-25)20(28)16-5-3-4-6-18(16)23-19(27)15-8-7-14(26(30)31)13-17(15)22/h3-8,13H,2,9-12H2,1H3,(H,23,27). The molecule has 0 bridgehead atoms. The number of non-ortho nitro benzene ring substituents is 1. The highest BCUT2D eigenvalue weighted by Gasteiger charge is 2.27. The highest BCUT2D eigenvalue weighted by atomic mass is 35.5. The van der Waals surface area contributed by atoms with Gasteiger partial charge in [-0.3, -0.25) is 19.7 Å². The van der Waals surface area contributed by atoms with Crippen LogP contribution in [0.15, 0.2) is 42.5 Å². The SMILES string of the molecule is CCOC(=O)N1CCN(C(=O)c2ccccc2NC(=O)c2ccc([N+](=O)[O-])cc2Cl)CC1. The van der Waals surface area contributed by atoms with E-state index in [4.69, 9.17) is 16.3 Å². The number of benzene rings is 2. The molecule has 1 saturated heterocycles. The van der Waals surface area contributed by atoms with Crippen LogP contribution in [0, 0.1) is 10.1 Å². The summed E-state index contributed by atoms with van der Waals surface area (Å²) >= 11 is 6.04. The number of hydrogen-bond donors (Lipinski definition) is 1. The second kappa shape index (κ2) is 10.1. The molecule has 2 aromatic rings. The van der Waals surface area contributed by atoms with Gasteiger partial charge < -0.3 is 19.9 Å². The van der Waals surface area contributed by atoms with Crippen molar-refractivity contribution in [2.45, 2.75) is 6.92 Å². The van der Waals surface area contributed by atoms with Crippen molar-refractivity contribution in [2.75, 3.05) is 38.1 Å². The number of carbonyl (C=O) groups is 3. The van der Waals surface area contributed by atoms with Gasteiger partial charge in [0.1, 0.15) is 0 Å². The van der Waals surface area contributed by atoms with Crippen LogP contribution in [0.25, 0.3) is 0 Å². The van der Waals surface area contributed by atoms with Crippen molar-refractivity contribution in [1.29, 1.82) is 0 Å². The predicted molar refractivity (Wildman–Crippen MR) is 117 cm³/mol. The molecule has 1 N–H and O–H groups in total. The third kappa shape index (κ3) is 5.14. The monoisotopic (exact) mass is 460 g/mol. The van der Waals surface area contributed by atoms with Crippen molar-refractivity contribution in [2.24, 2.45) is 0 Å². The Hall–Kier alpha value is -3.66. The van der Waals surface area contributed by atoms with E-state index in [1.807, 2.05) is 0 Å². The second-order valence-electron chi connectivity index (χ2n) is 6.90. The summed E-state index contributed by atoms with van der Waals surface area (Å²) in [6.45, 7) is 3.35. The van der Waals surface area contributed by atoms with Gasteiger partial charge in [-0.25, -0.2) is 4.79 Å². The highest BCUT2D eigenvalue weighted by molar-refractivity contribution is 6.34. The lowest BCUT2D eigenvalue weighted by molar-refractivity contribution is -0.384. The number of para-hydroxylation sites is 1. The maximum absolute atomic E-state index is 13.1. The summed E-state index contributed by atoms with van der Waals surface area (Å²) in [6.07, 6.45) is -0.410. The lowest BCUT2D eigenvalue weighted by Crippen LogP contribution is -2.50. The van der Waals surface area contributed by atoms with Gasteiger partial charge in [-0.05, 0) is 25.1 Å². The average molecular weight is 461 g/mol. The fourth-order valence-corrected chi connectivity index (χ4v) is 3.51. The van der Waals surface area contributed by atoms with Gasteiger partial charge in [0, 0.05) is 38.3 Å². The van der Waals surface area contributed by atoms with Crippen LogP contribution in [-0.4, -0.2) is 65.4 Å². The number of halogens is 1. The van der Waals surface area contributed by atoms with E-state index in [0.29, 0.717) is 26.2 Å². The lowest BCUT2D eigenvalue weighted by Gasteiger charge is -2.34. The Morgan fingerprint density at radius 3 is 2.34 bits per heavy atom. The molecule has 0 saturated carbocycles. The molecule has 32 heavy (non-hydrogen) atoms. The van der Waals surface area contributed by atoms with E-state index in [2.05, 4.69) is 5.32 Å². The zero-order chi connectivity index (χ0) is 23.3. The summed E-state index contributed by atoms with van der Waals surface area (Å²) in [4.78, 5) is 51.0. The smallest absolute Gasteiger partial charge is 0.409 e. The molecule has 0 aliphatic carbocycles. The zero-order valence-electron chi connectivity index (χ0n) is 17.2. The number of ether oxygens (including phenoxy) is 1. The second-order valence-corrected chi connectivity index (χ2v) is 7.31. The molecule has 10 nitrogen and oxygen atoms in total. The minimum atomic E-state index is -0.608. The number of amides is 3. The van der Waals surface area contributed by atoms with Crippen molar-refractivity contribution in [1.82, 2.24) is 9.80 Å². The highest BCUT2D eigenvalue weighted by Crippen LogP contribution is 2.25. The number of nitrogens with zero attached hydrogens (tertiary/aromatic N) is 3. The van der Waals surface area contributed by atoms with Crippen LogP contribution in [-0.2, 0) is 4.74 Å². The Bertz CT molecular complexity index is 1050. The Kier molecular flexibility index (Phi) is 7.26. The quantitative estimate of drug-likeness (QED) is 0.539. The topological polar surface area (TPSA) is 122 Å². The molecule has 1 aliphatic rings. The van der Waals surface area contributed by atoms with Gasteiger partial charge in [0.25, 0.3) is 17.5 Å². The molecule has 0 unspecified atom stereocenters. The van der Waals surface area contributed by atoms with E-state index in [9.17, 15) is 24.5 Å². The number of carbonyl (C=O) groups excluding carboxylic acids is 3. The minimum absolute atomic E-state index is 0.0440. The first kappa shape index (κ1) is 23.0. The number of rotatable bonds is 5. The van der Waals surface area contributed by atoms with Crippen LogP contribution >= 0.6 is 11.6 Å². The van der Waals surface area contributed by atoms with Gasteiger partial charge in [-0.2, -0.15) is 0 Å². The van der Waals surface area contributed by atoms with E-state index in [1.54, 1.807) is 36.1 Å². The number of nitro groups is 1. The summed E-state index contributed by atoms with van der Waals surface area (Å²) in [5.74, 6) is -0.892. The number of hydrogen-bond acceptors (Lipinski definition) is 6. The molecule has 168 valence electrons. The Morgan fingerprint density at radius 2 is 1.72 bits per heavy atom. The number of anilines is 1. The summed E-state index contributed by atoms with van der Waals surface area (Å²) in [5, 5.41) is 13.4. The van der Waals surface area contributed by atoms with Crippen LogP contribution in [0.5, 0.6) is 0 Å². The van der Waals surface area contributed by atoms with Crippen molar-refractivity contribution >= 4 is 40.9 Å². The normalized spacial score (nSPS) is 13.4. The third-order valence-electron chi connectivity index (χ3n) is 4.91. The fraction of sp³-hybridized carbons (Fsp3) is 0.286. The summed E-state index contributed by atoms with van der Waals surface area (Å²) in [5.41, 5.74) is 0.375. The third-order valence-corrected chi connectivity index (χ3v) is 5.22. The van der Waals surface area contributed by atoms with E-state index < -0.39 is 16.9 Å². The van der Waals surface area contributed by atoms with Gasteiger partial charge in [0.15, 0.2) is 0 Å². The van der Waals surface area contributed by atoms with Crippen LogP contribution in [0.1, 0.15) is 27.6 Å². The molecule has 0 spiro atoms. The minimum Gasteiger partial charge on any atom is -0.450 e. The molecule has 1 heterocycles. The molecule has 0 aromatic heterocycles. The first-order valence-corrected chi connectivity index (χ1v) is 10.2. The number of nitrogens with one attached hydrogen (secondary N) is 1. The molecule has 2 aromatic carbocycles. The molecular weight excluding hydrogens is 440 g/mol. The van der Waals surface area contributed by atoms with Gasteiger partial charge in [0.2, 0.25) is 0 Å². The van der Waals surface area contributed by atoms with Crippen molar-refractivity contribution < 1.29 is 24.0 Å². The molecule has 1 aliphatic heterocycles. The summed E-state index contributed by atoms with van der Waals surface area (Å²) in [6, 6.07) is 10.1. The predicted octanol–water partition coefficient (Wildman–Crippen LogP) is 3.41. The summed E-state index contributed by atoms with van der Waals surface area (Å²) < 4.78 is 4.98. The first-order chi connectivity index (χ1) is 15.3. The van der Waals surface area contributed by atoms with Crippen molar-refractivity contribution in [3.05, 3.63) is 68.7 Å². The fourth-order valence-electron chi connectivity index (χ4n) is 3.25. The maximum atomic E-state index is 13.1. The van der Waals surface area contributed by atoms with Crippen LogP contribution < -0.4 is 5.32 Å². The van der Waals surface area contributed by atoms with Gasteiger partial charge in [-0.1, -0.05) is 23.7 Å². The molecule has 0 radical (unpaired) electrons. The van der Waals surface area contributed by atoms with Gasteiger partial charge in [-0.15, -0.1) is 0 Å². The molecular formula is C21H21ClN4O6. The molecule has 3 amide bonds. The van der Waals surface area contributed by atoms with E-state index in [0.717, 1.165) is 6.07 Å². The first-order valence-electron chi connectivity index (χ1n) is 9.87. The molecule has 0 atom stereocenters.